The molecule has 4 N–H and O–H groups in total. The van der Waals surface area contributed by atoms with Crippen molar-refractivity contribution in [2.45, 2.75) is 141 Å². The first-order chi connectivity index (χ1) is 37.4. The summed E-state index contributed by atoms with van der Waals surface area (Å²) in [6, 6.07) is 18.6. The Hall–Kier alpha value is -7.02. The Labute approximate surface area is 455 Å². The van der Waals surface area contributed by atoms with Crippen LogP contribution in [-0.4, -0.2) is 105 Å². The lowest BCUT2D eigenvalue weighted by Gasteiger charge is -2.43. The maximum atomic E-state index is 13.5. The third-order valence-corrected chi connectivity index (χ3v) is 19.0. The average Bonchev–Trinajstić information content (AvgIpc) is 4.44. The van der Waals surface area contributed by atoms with Crippen LogP contribution < -0.4 is 21.3 Å². The highest BCUT2D eigenvalue weighted by Crippen LogP contribution is 2.46. The van der Waals surface area contributed by atoms with Crippen molar-refractivity contribution in [3.63, 3.8) is 0 Å². The number of nitrogens with two attached hydrogens (primary N) is 1. The number of nitrogens with zero attached hydrogens (tertiary/aromatic N) is 7. The molecule has 0 spiro atoms. The molecule has 3 saturated heterocycles. The summed E-state index contributed by atoms with van der Waals surface area (Å²) in [6.07, 6.45) is 18.0. The van der Waals surface area contributed by atoms with E-state index >= 15 is 0 Å². The molecule has 3 atom stereocenters. The van der Waals surface area contributed by atoms with Crippen LogP contribution in [0, 0.1) is 10.8 Å². The molecule has 3 unspecified atom stereocenters. The largest absolute Gasteiger partial charge is 0.407 e. The number of likely N-dealkylation sites (tertiary alicyclic amines) is 2. The van der Waals surface area contributed by atoms with E-state index in [2.05, 4.69) is 77.1 Å². The highest BCUT2D eigenvalue weighted by molar-refractivity contribution is 6.69. The minimum Gasteiger partial charge on any atom is -0.407 e. The van der Waals surface area contributed by atoms with Crippen molar-refractivity contribution in [3.8, 4) is 0 Å². The summed E-state index contributed by atoms with van der Waals surface area (Å²) in [4.78, 5) is 81.8. The zero-order valence-corrected chi connectivity index (χ0v) is 46.3. The Morgan fingerprint density at radius 2 is 1.23 bits per heavy atom. The van der Waals surface area contributed by atoms with Gasteiger partial charge in [-0.05, 0) is 124 Å². The molecule has 6 aromatic rings. The van der Waals surface area contributed by atoms with Crippen molar-refractivity contribution in [3.05, 3.63) is 119 Å². The molecule has 18 heteroatoms. The fourth-order valence-electron chi connectivity index (χ4n) is 13.2. The van der Waals surface area contributed by atoms with E-state index in [1.807, 2.05) is 70.6 Å². The second kappa shape index (κ2) is 19.7. The SMILES string of the molecule is CC1(C(=O)N2CCC(n3cc(C(N)c4ccc5c6c(cccc46)C(=O)N5C4CCC(=O)NC4=O)cn3)CC2)CCC1.CC1(C(=O)N2CCC(n3cc(C(O[Si](C)(C)C)c4ccc5c6c(cccc46)C(=O)N5)cn3)CC2)CCC1. The van der Waals surface area contributed by atoms with Crippen LogP contribution in [0.5, 0.6) is 0 Å². The summed E-state index contributed by atoms with van der Waals surface area (Å²) in [7, 11) is -1.93. The molecule has 0 bridgehead atoms. The van der Waals surface area contributed by atoms with E-state index in [1.165, 1.54) is 11.3 Å². The maximum Gasteiger partial charge on any atom is 0.259 e. The summed E-state index contributed by atoms with van der Waals surface area (Å²) in [5.41, 5.74) is 13.1. The second-order valence-corrected chi connectivity index (χ2v) is 28.9. The topological polar surface area (TPSA) is 207 Å². The van der Waals surface area contributed by atoms with Crippen LogP contribution >= 0.6 is 0 Å². The van der Waals surface area contributed by atoms with Gasteiger partial charge in [-0.3, -0.25) is 48.3 Å². The number of piperidine rings is 3. The van der Waals surface area contributed by atoms with Gasteiger partial charge in [0.15, 0.2) is 8.32 Å². The molecule has 7 heterocycles. The summed E-state index contributed by atoms with van der Waals surface area (Å²) in [5, 5.41) is 18.4. The number of imide groups is 1. The standard InChI is InChI=1S/C31H34N6O4.C29H36N4O3Si/c1-31(12-3-13-31)30(41)35-14-10-19(11-15-35)36-17-18(16-33-36)27(32)21-6-7-23-26-20(21)4-2-5-22(26)29(40)37(23)24-8-9-25(38)34-28(24)39;1-29(13-6-14-29)28(35)32-15-11-20(12-16-32)33-18-19(17-30-33)26(36-37(2,3)4)22-9-10-24-25-21(22)7-5-8-23(25)27(34)31-24/h2,4-7,16-17,19,24,27H,3,8-15,32H2,1H3,(H,34,38,39);5,7-10,17-18,20,26H,6,11-16H2,1-4H3,(H,31,34). The van der Waals surface area contributed by atoms with Crippen molar-refractivity contribution in [1.82, 2.24) is 34.7 Å². The van der Waals surface area contributed by atoms with E-state index in [-0.39, 0.29) is 53.2 Å². The molecular formula is C60H70N10O7Si. The van der Waals surface area contributed by atoms with Crippen LogP contribution in [0.1, 0.15) is 158 Å². The lowest BCUT2D eigenvalue weighted by atomic mass is 9.69. The van der Waals surface area contributed by atoms with E-state index in [0.29, 0.717) is 35.0 Å². The van der Waals surface area contributed by atoms with E-state index in [0.717, 1.165) is 133 Å². The van der Waals surface area contributed by atoms with Gasteiger partial charge in [-0.1, -0.05) is 63.1 Å². The number of benzene rings is 4. The zero-order chi connectivity index (χ0) is 54.4. The van der Waals surface area contributed by atoms with Gasteiger partial charge in [-0.25, -0.2) is 0 Å². The molecule has 2 aliphatic carbocycles. The smallest absolute Gasteiger partial charge is 0.259 e. The number of nitrogens with one attached hydrogen (secondary N) is 2. The monoisotopic (exact) mass is 1070 g/mol. The highest BCUT2D eigenvalue weighted by Gasteiger charge is 2.45. The van der Waals surface area contributed by atoms with Crippen LogP contribution in [0.2, 0.25) is 19.6 Å². The molecule has 0 radical (unpaired) electrons. The van der Waals surface area contributed by atoms with Crippen molar-refractivity contribution in [2.75, 3.05) is 36.4 Å². The summed E-state index contributed by atoms with van der Waals surface area (Å²) < 4.78 is 10.8. The first-order valence-corrected chi connectivity index (χ1v) is 31.5. The first-order valence-electron chi connectivity index (χ1n) is 28.1. The quantitative estimate of drug-likeness (QED) is 0.0829. The van der Waals surface area contributed by atoms with Gasteiger partial charge in [0.1, 0.15) is 6.04 Å². The van der Waals surface area contributed by atoms with E-state index in [4.69, 9.17) is 15.3 Å². The van der Waals surface area contributed by atoms with E-state index < -0.39 is 26.3 Å². The van der Waals surface area contributed by atoms with Crippen LogP contribution in [0.4, 0.5) is 11.4 Å². The van der Waals surface area contributed by atoms with E-state index in [1.54, 1.807) is 6.07 Å². The van der Waals surface area contributed by atoms with Crippen molar-refractivity contribution in [2.24, 2.45) is 16.6 Å². The van der Waals surface area contributed by atoms with Gasteiger partial charge in [0.2, 0.25) is 23.6 Å². The van der Waals surface area contributed by atoms with Gasteiger partial charge < -0.3 is 25.3 Å². The molecule has 2 saturated carbocycles. The molecule has 6 amide bonds. The first kappa shape index (κ1) is 51.7. The molecule has 78 heavy (non-hydrogen) atoms. The number of carbonyl (C=O) groups excluding carboxylic acids is 6. The molecule has 406 valence electrons. The molecular weight excluding hydrogens is 1000 g/mol. The molecule has 17 nitrogen and oxygen atoms in total. The number of hydrogen-bond acceptors (Lipinski definition) is 10. The van der Waals surface area contributed by atoms with Gasteiger partial charge >= 0.3 is 0 Å². The fourth-order valence-corrected chi connectivity index (χ4v) is 14.2. The van der Waals surface area contributed by atoms with Crippen molar-refractivity contribution in [1.29, 1.82) is 0 Å². The molecule has 4 aromatic carbocycles. The summed E-state index contributed by atoms with van der Waals surface area (Å²) in [6.45, 7) is 13.9. The third-order valence-electron chi connectivity index (χ3n) is 18.0. The second-order valence-electron chi connectivity index (χ2n) is 24.4. The number of aromatic nitrogens is 4. The Morgan fingerprint density at radius 3 is 1.79 bits per heavy atom. The number of rotatable bonds is 11. The molecule has 5 fully saturated rings. The van der Waals surface area contributed by atoms with Gasteiger partial charge in [0.05, 0.1) is 42.3 Å². The Morgan fingerprint density at radius 1 is 0.679 bits per heavy atom. The minimum atomic E-state index is -1.93. The number of amides is 6. The molecule has 2 aromatic heterocycles. The van der Waals surface area contributed by atoms with Crippen molar-refractivity contribution >= 4 is 76.7 Å². The summed E-state index contributed by atoms with van der Waals surface area (Å²) >= 11 is 0. The molecule has 13 rings (SSSR count). The third kappa shape index (κ3) is 9.12. The van der Waals surface area contributed by atoms with Crippen LogP contribution in [-0.2, 0) is 23.6 Å². The predicted molar refractivity (Wildman–Crippen MR) is 299 cm³/mol. The number of anilines is 2. The van der Waals surface area contributed by atoms with Crippen molar-refractivity contribution < 1.29 is 33.2 Å². The van der Waals surface area contributed by atoms with Crippen LogP contribution in [0.3, 0.4) is 0 Å². The minimum absolute atomic E-state index is 0.0515. The zero-order valence-electron chi connectivity index (χ0n) is 45.3. The van der Waals surface area contributed by atoms with Gasteiger partial charge in [0.25, 0.3) is 11.8 Å². The normalized spacial score (nSPS) is 21.7. The van der Waals surface area contributed by atoms with Gasteiger partial charge in [0, 0.05) is 94.5 Å². The Bertz CT molecular complexity index is 3430. The van der Waals surface area contributed by atoms with Crippen LogP contribution in [0.25, 0.3) is 21.5 Å². The summed E-state index contributed by atoms with van der Waals surface area (Å²) in [5.74, 6) is -0.422. The highest BCUT2D eigenvalue weighted by atomic mass is 28.4. The number of carbonyl (C=O) groups is 6. The van der Waals surface area contributed by atoms with Gasteiger partial charge in [-0.2, -0.15) is 10.2 Å². The average molecular weight is 1070 g/mol. The fraction of sp³-hybridized carbons (Fsp3) is 0.467. The van der Waals surface area contributed by atoms with Gasteiger partial charge in [-0.15, -0.1) is 0 Å². The lowest BCUT2D eigenvalue weighted by Crippen LogP contribution is -2.53. The Kier molecular flexibility index (Phi) is 13.1. The Balaban J connectivity index is 0.000000157. The van der Waals surface area contributed by atoms with E-state index in [9.17, 15) is 28.8 Å². The molecule has 5 aliphatic heterocycles. The predicted octanol–water partition coefficient (Wildman–Crippen LogP) is 9.10. The lowest BCUT2D eigenvalue weighted by molar-refractivity contribution is -0.148. The molecule has 7 aliphatic rings. The van der Waals surface area contributed by atoms with Crippen LogP contribution in [0.15, 0.2) is 85.5 Å². The number of hydrogen-bond donors (Lipinski definition) is 3. The maximum absolute atomic E-state index is 13.5.